The summed E-state index contributed by atoms with van der Waals surface area (Å²) in [7, 11) is 1.52. The minimum absolute atomic E-state index is 0.0359. The van der Waals surface area contributed by atoms with Gasteiger partial charge in [-0.3, -0.25) is 4.79 Å². The molecule has 0 aliphatic carbocycles. The average molecular weight is 382 g/mol. The molecule has 0 fully saturated rings. The fraction of sp³-hybridized carbons (Fsp3) is 0.0500. The third-order valence-electron chi connectivity index (χ3n) is 4.33. The van der Waals surface area contributed by atoms with Gasteiger partial charge in [-0.1, -0.05) is 0 Å². The maximum Gasteiger partial charge on any atom is 0.274 e. The lowest BCUT2D eigenvalue weighted by Crippen LogP contribution is -2.21. The van der Waals surface area contributed by atoms with Gasteiger partial charge in [-0.15, -0.1) is 5.10 Å². The van der Waals surface area contributed by atoms with Crippen LogP contribution in [-0.4, -0.2) is 14.8 Å². The molecule has 5 nitrogen and oxygen atoms in total. The Hall–Kier alpha value is -3.68. The van der Waals surface area contributed by atoms with Crippen LogP contribution < -0.4 is 10.9 Å². The minimum atomic E-state index is -0.803. The second-order valence-electron chi connectivity index (χ2n) is 6.18. The molecule has 0 bridgehead atoms. The van der Waals surface area contributed by atoms with E-state index >= 15 is 0 Å². The molecule has 0 unspecified atom stereocenters. The summed E-state index contributed by atoms with van der Waals surface area (Å²) in [5.41, 5.74) is 0.894. The van der Waals surface area contributed by atoms with Gasteiger partial charge in [-0.05, 0) is 42.5 Å². The maximum absolute atomic E-state index is 14.3. The molecule has 0 saturated heterocycles. The summed E-state index contributed by atoms with van der Waals surface area (Å²) in [6.07, 6.45) is 1.44. The fourth-order valence-corrected chi connectivity index (χ4v) is 2.99. The normalized spacial score (nSPS) is 11.0. The summed E-state index contributed by atoms with van der Waals surface area (Å²) in [5, 5.41) is 11.3. The molecule has 4 rings (SSSR count). The highest BCUT2D eigenvalue weighted by Gasteiger charge is 2.16. The molecular weight excluding hydrogens is 369 g/mol. The van der Waals surface area contributed by atoms with E-state index in [1.54, 1.807) is 6.07 Å². The summed E-state index contributed by atoms with van der Waals surface area (Å²) < 4.78 is 41.9. The zero-order chi connectivity index (χ0) is 19.8. The Kier molecular flexibility index (Phi) is 4.31. The van der Waals surface area contributed by atoms with Crippen LogP contribution in [0.3, 0.4) is 0 Å². The third-order valence-corrected chi connectivity index (χ3v) is 4.33. The van der Waals surface area contributed by atoms with E-state index in [0.29, 0.717) is 16.6 Å². The molecule has 2 heterocycles. The first kappa shape index (κ1) is 17.7. The smallest absolute Gasteiger partial charge is 0.274 e. The van der Waals surface area contributed by atoms with Gasteiger partial charge >= 0.3 is 0 Å². The van der Waals surface area contributed by atoms with Crippen LogP contribution >= 0.6 is 0 Å². The predicted octanol–water partition coefficient (Wildman–Crippen LogP) is 4.16. The van der Waals surface area contributed by atoms with E-state index in [2.05, 4.69) is 15.5 Å². The first-order valence-corrected chi connectivity index (χ1v) is 8.27. The van der Waals surface area contributed by atoms with E-state index in [1.807, 2.05) is 0 Å². The number of nitrogens with one attached hydrogen (secondary N) is 1. The van der Waals surface area contributed by atoms with Gasteiger partial charge in [0.15, 0.2) is 0 Å². The molecule has 8 heteroatoms. The molecule has 2 aromatic carbocycles. The van der Waals surface area contributed by atoms with Crippen molar-refractivity contribution in [3.63, 3.8) is 0 Å². The van der Waals surface area contributed by atoms with Crippen LogP contribution in [0, 0.1) is 17.5 Å². The highest BCUT2D eigenvalue weighted by atomic mass is 19.1. The Labute approximate surface area is 157 Å². The van der Waals surface area contributed by atoms with Gasteiger partial charge in [0.05, 0.1) is 11.7 Å². The summed E-state index contributed by atoms with van der Waals surface area (Å²) in [6.45, 7) is 0. The Morgan fingerprint density at radius 1 is 0.964 bits per heavy atom. The monoisotopic (exact) mass is 382 g/mol. The molecule has 0 spiro atoms. The minimum Gasteiger partial charge on any atom is -0.351 e. The Morgan fingerprint density at radius 3 is 2.39 bits per heavy atom. The summed E-state index contributed by atoms with van der Waals surface area (Å²) in [6, 6.07) is 10.2. The molecule has 0 radical (unpaired) electrons. The highest BCUT2D eigenvalue weighted by molar-refractivity contribution is 5.93. The Morgan fingerprint density at radius 2 is 1.68 bits per heavy atom. The second-order valence-corrected chi connectivity index (χ2v) is 6.18. The van der Waals surface area contributed by atoms with Crippen molar-refractivity contribution in [2.45, 2.75) is 0 Å². The van der Waals surface area contributed by atoms with Crippen LogP contribution in [0.15, 0.2) is 59.5 Å². The Balaban J connectivity index is 1.89. The molecule has 0 aliphatic heterocycles. The number of anilines is 2. The summed E-state index contributed by atoms with van der Waals surface area (Å²) >= 11 is 0. The molecule has 1 N–H and O–H groups in total. The largest absolute Gasteiger partial charge is 0.351 e. The Bertz CT molecular complexity index is 1250. The number of aromatic nitrogens is 3. The van der Waals surface area contributed by atoms with Crippen molar-refractivity contribution in [1.82, 2.24) is 14.8 Å². The van der Waals surface area contributed by atoms with Crippen molar-refractivity contribution < 1.29 is 13.2 Å². The van der Waals surface area contributed by atoms with Crippen LogP contribution in [-0.2, 0) is 7.05 Å². The standard InChI is InChI=1S/C20H13F3N4O/c1-27-19-11(8-17(20(27)28)25-14-5-2-12(21)3-6-14)10-24-26-18(19)15-7-4-13(22)9-16(15)23/h2-10,25H,1H3. The molecule has 0 atom stereocenters. The first-order chi connectivity index (χ1) is 13.4. The molecule has 0 amide bonds. The van der Waals surface area contributed by atoms with Crippen LogP contribution in [0.25, 0.3) is 22.2 Å². The molecule has 140 valence electrons. The van der Waals surface area contributed by atoms with E-state index < -0.39 is 23.0 Å². The van der Waals surface area contributed by atoms with Crippen LogP contribution in [0.2, 0.25) is 0 Å². The quantitative estimate of drug-likeness (QED) is 0.578. The van der Waals surface area contributed by atoms with Crippen molar-refractivity contribution >= 4 is 22.3 Å². The molecular formula is C20H13F3N4O. The molecule has 0 saturated carbocycles. The zero-order valence-electron chi connectivity index (χ0n) is 14.6. The van der Waals surface area contributed by atoms with E-state index in [0.717, 1.165) is 12.1 Å². The third kappa shape index (κ3) is 3.09. The van der Waals surface area contributed by atoms with Gasteiger partial charge < -0.3 is 9.88 Å². The molecule has 28 heavy (non-hydrogen) atoms. The lowest BCUT2D eigenvalue weighted by atomic mass is 10.1. The van der Waals surface area contributed by atoms with Gasteiger partial charge in [0, 0.05) is 29.8 Å². The van der Waals surface area contributed by atoms with Gasteiger partial charge in [-0.2, -0.15) is 5.10 Å². The second kappa shape index (κ2) is 6.80. The summed E-state index contributed by atoms with van der Waals surface area (Å²) in [4.78, 5) is 12.8. The van der Waals surface area contributed by atoms with Crippen LogP contribution in [0.5, 0.6) is 0 Å². The van der Waals surface area contributed by atoms with Crippen LogP contribution in [0.1, 0.15) is 0 Å². The van der Waals surface area contributed by atoms with E-state index in [9.17, 15) is 18.0 Å². The van der Waals surface area contributed by atoms with Gasteiger partial charge in [-0.25, -0.2) is 13.2 Å². The van der Waals surface area contributed by atoms with Crippen molar-refractivity contribution in [3.8, 4) is 11.3 Å². The number of benzene rings is 2. The molecule has 2 aromatic heterocycles. The zero-order valence-corrected chi connectivity index (χ0v) is 14.6. The number of nitrogens with zero attached hydrogens (tertiary/aromatic N) is 3. The van der Waals surface area contributed by atoms with E-state index in [-0.39, 0.29) is 16.9 Å². The van der Waals surface area contributed by atoms with Gasteiger partial charge in [0.2, 0.25) is 0 Å². The number of pyridine rings is 1. The highest BCUT2D eigenvalue weighted by Crippen LogP contribution is 2.28. The summed E-state index contributed by atoms with van der Waals surface area (Å²) in [5.74, 6) is -1.91. The number of aryl methyl sites for hydroxylation is 1. The number of fused-ring (bicyclic) bond motifs is 1. The predicted molar refractivity (Wildman–Crippen MR) is 99.8 cm³/mol. The van der Waals surface area contributed by atoms with E-state index in [1.165, 1.54) is 48.1 Å². The SMILES string of the molecule is Cn1c(=O)c(Nc2ccc(F)cc2)cc2cnnc(-c3ccc(F)cc3F)c21. The molecule has 0 aliphatic rings. The van der Waals surface area contributed by atoms with Crippen molar-refractivity contribution in [2.75, 3.05) is 5.32 Å². The first-order valence-electron chi connectivity index (χ1n) is 8.27. The number of rotatable bonds is 3. The number of hydrogen-bond donors (Lipinski definition) is 1. The van der Waals surface area contributed by atoms with Crippen molar-refractivity contribution in [1.29, 1.82) is 0 Å². The van der Waals surface area contributed by atoms with Gasteiger partial charge in [0.25, 0.3) is 5.56 Å². The fourth-order valence-electron chi connectivity index (χ4n) is 2.99. The van der Waals surface area contributed by atoms with Crippen molar-refractivity contribution in [2.24, 2.45) is 7.05 Å². The molecule has 4 aromatic rings. The van der Waals surface area contributed by atoms with E-state index in [4.69, 9.17) is 0 Å². The maximum atomic E-state index is 14.3. The lowest BCUT2D eigenvalue weighted by Gasteiger charge is -2.13. The number of halogens is 3. The van der Waals surface area contributed by atoms with Gasteiger partial charge in [0.1, 0.15) is 28.8 Å². The topological polar surface area (TPSA) is 59.8 Å². The average Bonchev–Trinajstić information content (AvgIpc) is 2.67. The van der Waals surface area contributed by atoms with Crippen LogP contribution in [0.4, 0.5) is 24.5 Å². The lowest BCUT2D eigenvalue weighted by molar-refractivity contribution is 0.585. The van der Waals surface area contributed by atoms with Crippen molar-refractivity contribution in [3.05, 3.63) is 82.5 Å². The number of hydrogen-bond acceptors (Lipinski definition) is 4.